The lowest BCUT2D eigenvalue weighted by molar-refractivity contribution is 1.18. The van der Waals surface area contributed by atoms with E-state index in [9.17, 15) is 0 Å². The first kappa shape index (κ1) is 26.1. The molecule has 1 aliphatic rings. The van der Waals surface area contributed by atoms with E-state index in [0.717, 1.165) is 18.7 Å². The van der Waals surface area contributed by atoms with Crippen molar-refractivity contribution in [1.82, 2.24) is 8.97 Å². The molecule has 1 aliphatic heterocycles. The van der Waals surface area contributed by atoms with Gasteiger partial charge in [-0.05, 0) is 72.4 Å². The topological polar surface area (TPSA) is 21.4 Å². The normalized spacial score (nSPS) is 12.5. The van der Waals surface area contributed by atoms with E-state index in [2.05, 4.69) is 162 Å². The second kappa shape index (κ2) is 9.30. The summed E-state index contributed by atoms with van der Waals surface area (Å²) in [6, 6.07) is 49.6. The van der Waals surface area contributed by atoms with Crippen LogP contribution in [0.3, 0.4) is 0 Å². The first-order valence-corrected chi connectivity index (χ1v) is 16.8. The molecule has 3 aromatic heterocycles. The number of hydrogen-bond donors (Lipinski definition) is 1. The van der Waals surface area contributed by atoms with Crippen molar-refractivity contribution in [2.75, 3.05) is 5.32 Å². The molecule has 48 heavy (non-hydrogen) atoms. The van der Waals surface area contributed by atoms with E-state index >= 15 is 0 Å². The van der Waals surface area contributed by atoms with Crippen LogP contribution < -0.4 is 16.2 Å². The number of anilines is 2. The molecule has 0 saturated carbocycles. The van der Waals surface area contributed by atoms with E-state index in [0.29, 0.717) is 0 Å². The summed E-state index contributed by atoms with van der Waals surface area (Å²) in [6.07, 6.45) is 0. The molecular weight excluding hydrogens is 581 g/mol. The predicted octanol–water partition coefficient (Wildman–Crippen LogP) is 9.66. The number of rotatable bonds is 3. The van der Waals surface area contributed by atoms with E-state index in [1.54, 1.807) is 0 Å². The summed E-state index contributed by atoms with van der Waals surface area (Å²) in [5.41, 5.74) is 17.7. The maximum Gasteiger partial charge on any atom is 0.198 e. The minimum absolute atomic E-state index is 0.889. The maximum atomic E-state index is 3.94. The second-order valence-corrected chi connectivity index (χ2v) is 13.6. The van der Waals surface area contributed by atoms with Crippen LogP contribution in [0.15, 0.2) is 133 Å². The number of benzene rings is 7. The lowest BCUT2D eigenvalue weighted by Crippen LogP contribution is -2.37. The van der Waals surface area contributed by atoms with Crippen LogP contribution in [0, 0.1) is 13.8 Å². The molecule has 4 heteroatoms. The summed E-state index contributed by atoms with van der Waals surface area (Å²) in [5, 5.41) is 11.8. The van der Waals surface area contributed by atoms with E-state index in [4.69, 9.17) is 0 Å². The Bertz CT molecular complexity index is 2980. The molecule has 0 atom stereocenters. The molecule has 10 aromatic rings. The molecule has 0 unspecified atom stereocenters. The van der Waals surface area contributed by atoms with Crippen molar-refractivity contribution < 1.29 is 0 Å². The molecule has 3 nitrogen and oxygen atoms in total. The zero-order valence-corrected chi connectivity index (χ0v) is 26.8. The lowest BCUT2D eigenvalue weighted by Gasteiger charge is -2.25. The molecule has 0 saturated heterocycles. The molecule has 11 rings (SSSR count). The Balaban J connectivity index is 1.26. The Morgan fingerprint density at radius 1 is 0.500 bits per heavy atom. The maximum absolute atomic E-state index is 3.94. The predicted molar refractivity (Wildman–Crippen MR) is 206 cm³/mol. The lowest BCUT2D eigenvalue weighted by atomic mass is 9.59. The molecule has 4 heterocycles. The fourth-order valence-electron chi connectivity index (χ4n) is 8.76. The quantitative estimate of drug-likeness (QED) is 0.198. The van der Waals surface area contributed by atoms with Gasteiger partial charge < -0.3 is 14.3 Å². The van der Waals surface area contributed by atoms with Crippen molar-refractivity contribution in [3.8, 4) is 16.8 Å². The number of para-hydroxylation sites is 5. The number of fused-ring (bicyclic) bond motifs is 11. The van der Waals surface area contributed by atoms with Crippen molar-refractivity contribution >= 4 is 89.5 Å². The van der Waals surface area contributed by atoms with Gasteiger partial charge in [0, 0.05) is 60.5 Å². The van der Waals surface area contributed by atoms with Gasteiger partial charge >= 0.3 is 0 Å². The van der Waals surface area contributed by atoms with Gasteiger partial charge in [-0.2, -0.15) is 0 Å². The molecule has 0 aliphatic carbocycles. The number of nitrogens with zero attached hydrogens (tertiary/aromatic N) is 2. The average molecular weight is 612 g/mol. The Kier molecular flexibility index (Phi) is 5.06. The zero-order chi connectivity index (χ0) is 31.7. The van der Waals surface area contributed by atoms with E-state index < -0.39 is 0 Å². The number of nitrogens with one attached hydrogen (secondary N) is 1. The van der Waals surface area contributed by atoms with E-state index in [-0.39, 0.29) is 0 Å². The fraction of sp³-hybridized carbons (Fsp3) is 0.0455. The third kappa shape index (κ3) is 3.34. The Morgan fingerprint density at radius 3 is 2.00 bits per heavy atom. The summed E-state index contributed by atoms with van der Waals surface area (Å²) in [5.74, 6) is 0. The van der Waals surface area contributed by atoms with Crippen LogP contribution in [-0.2, 0) is 0 Å². The summed E-state index contributed by atoms with van der Waals surface area (Å²) >= 11 is 0. The minimum atomic E-state index is 0.889. The third-order valence-electron chi connectivity index (χ3n) is 10.8. The van der Waals surface area contributed by atoms with Crippen molar-refractivity contribution in [2.24, 2.45) is 0 Å². The second-order valence-electron chi connectivity index (χ2n) is 13.6. The molecule has 7 aromatic carbocycles. The molecule has 0 bridgehead atoms. The van der Waals surface area contributed by atoms with Gasteiger partial charge in [-0.3, -0.25) is 0 Å². The van der Waals surface area contributed by atoms with Crippen LogP contribution in [0.25, 0.3) is 76.7 Å². The average Bonchev–Trinajstić information content (AvgIpc) is 3.75. The van der Waals surface area contributed by atoms with E-state index in [1.165, 1.54) is 98.8 Å². The van der Waals surface area contributed by atoms with Crippen molar-refractivity contribution in [3.63, 3.8) is 0 Å². The van der Waals surface area contributed by atoms with Crippen LogP contribution >= 0.6 is 0 Å². The molecular formula is C44H30BN3. The van der Waals surface area contributed by atoms with Gasteiger partial charge in [0.25, 0.3) is 0 Å². The molecule has 0 fully saturated rings. The molecule has 0 radical (unpaired) electrons. The van der Waals surface area contributed by atoms with Gasteiger partial charge in [-0.1, -0.05) is 103 Å². The van der Waals surface area contributed by atoms with Crippen molar-refractivity contribution in [2.45, 2.75) is 13.8 Å². The third-order valence-corrected chi connectivity index (χ3v) is 10.8. The summed E-state index contributed by atoms with van der Waals surface area (Å²) in [7, 11) is 0.889. The Hall–Kier alpha value is -6.00. The van der Waals surface area contributed by atoms with Crippen molar-refractivity contribution in [1.29, 1.82) is 0 Å². The largest absolute Gasteiger partial charge is 0.355 e. The highest BCUT2D eigenvalue weighted by molar-refractivity contribution is 6.73. The van der Waals surface area contributed by atoms with Gasteiger partial charge in [0.2, 0.25) is 0 Å². The molecule has 1 N–H and O–H groups in total. The zero-order valence-electron chi connectivity index (χ0n) is 26.8. The van der Waals surface area contributed by atoms with Gasteiger partial charge in [0.05, 0.1) is 22.1 Å². The van der Waals surface area contributed by atoms with Crippen LogP contribution in [0.1, 0.15) is 11.1 Å². The standard InChI is InChI=1S/C44H30BN3/c1-25-21-34(42-41(22-25)48-39-20-8-5-13-28(39)30-16-10-17-35(45-42)44(30)48)32-23-33-31-15-9-14-29-27-12-4-7-19-38(27)47(43(29)31)40(33)24-37(32)46-36-18-6-3-11-26(36)2/h3-24,45-46H,1-2H3. The monoisotopic (exact) mass is 611 g/mol. The van der Waals surface area contributed by atoms with Gasteiger partial charge in [-0.25, -0.2) is 0 Å². The first-order chi connectivity index (χ1) is 23.6. The number of hydrogen-bond acceptors (Lipinski definition) is 1. The summed E-state index contributed by atoms with van der Waals surface area (Å²) in [4.78, 5) is 0. The Labute approximate surface area is 278 Å². The van der Waals surface area contributed by atoms with Gasteiger partial charge in [0.15, 0.2) is 7.28 Å². The number of aryl methyl sites for hydroxylation is 2. The first-order valence-electron chi connectivity index (χ1n) is 16.8. The summed E-state index contributed by atoms with van der Waals surface area (Å²) in [6.45, 7) is 4.43. The smallest absolute Gasteiger partial charge is 0.198 e. The van der Waals surface area contributed by atoms with Gasteiger partial charge in [-0.15, -0.1) is 0 Å². The highest BCUT2D eigenvalue weighted by Crippen LogP contribution is 2.44. The van der Waals surface area contributed by atoms with E-state index in [1.807, 2.05) is 0 Å². The van der Waals surface area contributed by atoms with Crippen LogP contribution in [0.5, 0.6) is 0 Å². The molecule has 0 amide bonds. The van der Waals surface area contributed by atoms with Crippen LogP contribution in [0.2, 0.25) is 0 Å². The van der Waals surface area contributed by atoms with Crippen LogP contribution in [0.4, 0.5) is 11.4 Å². The SMILES string of the molecule is Cc1cc(-c2cc3c4cccc5c6ccccc6n(c3cc2Nc2ccccc2C)c54)c2c(c1)-n1c3ccccc3c3cccc(c31)B2. The highest BCUT2D eigenvalue weighted by Gasteiger charge is 2.27. The van der Waals surface area contributed by atoms with Crippen molar-refractivity contribution in [3.05, 3.63) is 145 Å². The summed E-state index contributed by atoms with van der Waals surface area (Å²) < 4.78 is 5.00. The molecule has 0 spiro atoms. The number of aromatic nitrogens is 2. The van der Waals surface area contributed by atoms with Gasteiger partial charge in [0.1, 0.15) is 0 Å². The molecule has 224 valence electrons. The minimum Gasteiger partial charge on any atom is -0.355 e. The van der Waals surface area contributed by atoms with Crippen LogP contribution in [-0.4, -0.2) is 16.2 Å². The fourth-order valence-corrected chi connectivity index (χ4v) is 8.76. The highest BCUT2D eigenvalue weighted by atomic mass is 15.0. The Morgan fingerprint density at radius 2 is 1.17 bits per heavy atom.